The molecule has 3 rings (SSSR count). The number of carbonyl (C=O) groups excluding carboxylic acids is 1. The molecule has 0 saturated carbocycles. The van der Waals surface area contributed by atoms with Gasteiger partial charge in [-0.25, -0.2) is 0 Å². The van der Waals surface area contributed by atoms with Gasteiger partial charge in [0.05, 0.1) is 0 Å². The highest BCUT2D eigenvalue weighted by molar-refractivity contribution is 14.0. The summed E-state index contributed by atoms with van der Waals surface area (Å²) in [5.41, 5.74) is 4.90. The number of rotatable bonds is 9. The SMILES string of the molecule is CCN(CCNC(=NC)NCc1ccc(CN2CCCC2=O)cc1)c1cccc(C)c1.I. The number of benzene rings is 2. The molecule has 2 aromatic rings. The monoisotopic (exact) mass is 549 g/mol. The Kier molecular flexibility index (Phi) is 10.8. The molecule has 0 unspecified atom stereocenters. The van der Waals surface area contributed by atoms with Crippen LogP contribution in [0.3, 0.4) is 0 Å². The maximum absolute atomic E-state index is 11.8. The van der Waals surface area contributed by atoms with Crippen LogP contribution in [0.1, 0.15) is 36.5 Å². The summed E-state index contributed by atoms with van der Waals surface area (Å²) in [6.07, 6.45) is 1.67. The zero-order valence-electron chi connectivity index (χ0n) is 19.4. The van der Waals surface area contributed by atoms with E-state index in [0.29, 0.717) is 19.5 Å². The molecule has 0 atom stereocenters. The predicted octanol–water partition coefficient (Wildman–Crippen LogP) is 3.93. The molecular formula is C25H36IN5O. The van der Waals surface area contributed by atoms with Gasteiger partial charge >= 0.3 is 0 Å². The lowest BCUT2D eigenvalue weighted by atomic mass is 10.1. The summed E-state index contributed by atoms with van der Waals surface area (Å²) in [5, 5.41) is 6.79. The lowest BCUT2D eigenvalue weighted by Gasteiger charge is -2.24. The molecule has 1 amide bonds. The van der Waals surface area contributed by atoms with Crippen LogP contribution in [0.2, 0.25) is 0 Å². The van der Waals surface area contributed by atoms with Gasteiger partial charge in [-0.15, -0.1) is 24.0 Å². The average Bonchev–Trinajstić information content (AvgIpc) is 3.18. The third-order valence-electron chi connectivity index (χ3n) is 5.67. The van der Waals surface area contributed by atoms with E-state index in [4.69, 9.17) is 0 Å². The third kappa shape index (κ3) is 7.69. The van der Waals surface area contributed by atoms with Gasteiger partial charge in [-0.2, -0.15) is 0 Å². The second kappa shape index (κ2) is 13.3. The smallest absolute Gasteiger partial charge is 0.222 e. The molecule has 0 aromatic heterocycles. The summed E-state index contributed by atoms with van der Waals surface area (Å²) >= 11 is 0. The van der Waals surface area contributed by atoms with E-state index in [1.165, 1.54) is 22.4 Å². The normalized spacial score (nSPS) is 13.7. The number of halogens is 1. The van der Waals surface area contributed by atoms with Gasteiger partial charge in [-0.3, -0.25) is 9.79 Å². The standard InChI is InChI=1S/C25H35N5O.HI/c1-4-29(23-8-5-7-20(2)17-23)16-14-27-25(26-3)28-18-21-10-12-22(13-11-21)19-30-15-6-9-24(30)31;/h5,7-8,10-13,17H,4,6,9,14-16,18-19H2,1-3H3,(H2,26,27,28);1H. The minimum Gasteiger partial charge on any atom is -0.370 e. The Morgan fingerprint density at radius 1 is 1.12 bits per heavy atom. The Morgan fingerprint density at radius 3 is 2.50 bits per heavy atom. The molecule has 6 nitrogen and oxygen atoms in total. The van der Waals surface area contributed by atoms with E-state index in [0.717, 1.165) is 38.6 Å². The average molecular weight is 550 g/mol. The molecule has 174 valence electrons. The van der Waals surface area contributed by atoms with Crippen LogP contribution in [-0.2, 0) is 17.9 Å². The number of guanidine groups is 1. The largest absolute Gasteiger partial charge is 0.370 e. The Hall–Kier alpha value is -2.29. The first-order valence-electron chi connectivity index (χ1n) is 11.2. The van der Waals surface area contributed by atoms with Crippen molar-refractivity contribution in [3.63, 3.8) is 0 Å². The number of likely N-dealkylation sites (tertiary alicyclic amines) is 1. The van der Waals surface area contributed by atoms with Crippen LogP contribution < -0.4 is 15.5 Å². The Morgan fingerprint density at radius 2 is 1.88 bits per heavy atom. The summed E-state index contributed by atoms with van der Waals surface area (Å²) in [6, 6.07) is 17.1. The Labute approximate surface area is 209 Å². The van der Waals surface area contributed by atoms with E-state index >= 15 is 0 Å². The second-order valence-electron chi connectivity index (χ2n) is 8.01. The van der Waals surface area contributed by atoms with E-state index < -0.39 is 0 Å². The summed E-state index contributed by atoms with van der Waals surface area (Å²) in [7, 11) is 1.80. The summed E-state index contributed by atoms with van der Waals surface area (Å²) in [5.74, 6) is 1.07. The second-order valence-corrected chi connectivity index (χ2v) is 8.01. The highest BCUT2D eigenvalue weighted by Crippen LogP contribution is 2.16. The van der Waals surface area contributed by atoms with Gasteiger partial charge in [0, 0.05) is 58.4 Å². The molecule has 1 heterocycles. The molecule has 2 N–H and O–H groups in total. The van der Waals surface area contributed by atoms with Crippen molar-refractivity contribution in [1.29, 1.82) is 0 Å². The quantitative estimate of drug-likeness (QED) is 0.283. The number of carbonyl (C=O) groups is 1. The van der Waals surface area contributed by atoms with Crippen molar-refractivity contribution in [2.45, 2.75) is 39.8 Å². The van der Waals surface area contributed by atoms with E-state index in [1.54, 1.807) is 7.05 Å². The van der Waals surface area contributed by atoms with Crippen LogP contribution in [0.4, 0.5) is 5.69 Å². The zero-order chi connectivity index (χ0) is 22.1. The molecule has 7 heteroatoms. The predicted molar refractivity (Wildman–Crippen MR) is 144 cm³/mol. The van der Waals surface area contributed by atoms with Crippen molar-refractivity contribution >= 4 is 41.5 Å². The minimum atomic E-state index is 0. The van der Waals surface area contributed by atoms with Gasteiger partial charge < -0.3 is 20.4 Å². The molecule has 0 aliphatic carbocycles. The van der Waals surface area contributed by atoms with Gasteiger partial charge in [0.2, 0.25) is 5.91 Å². The molecule has 1 saturated heterocycles. The van der Waals surface area contributed by atoms with Crippen molar-refractivity contribution in [3.8, 4) is 0 Å². The number of aryl methyl sites for hydroxylation is 1. The maximum Gasteiger partial charge on any atom is 0.222 e. The zero-order valence-corrected chi connectivity index (χ0v) is 21.8. The molecule has 1 fully saturated rings. The van der Waals surface area contributed by atoms with Crippen LogP contribution >= 0.6 is 24.0 Å². The van der Waals surface area contributed by atoms with E-state index in [1.807, 2.05) is 4.90 Å². The first-order valence-corrected chi connectivity index (χ1v) is 11.2. The third-order valence-corrected chi connectivity index (χ3v) is 5.67. The molecule has 1 aliphatic rings. The molecule has 1 aliphatic heterocycles. The Balaban J connectivity index is 0.00000363. The molecule has 0 spiro atoms. The fourth-order valence-electron chi connectivity index (χ4n) is 3.86. The van der Waals surface area contributed by atoms with Gasteiger partial charge in [0.1, 0.15) is 0 Å². The number of likely N-dealkylation sites (N-methyl/N-ethyl adjacent to an activating group) is 1. The molecular weight excluding hydrogens is 513 g/mol. The number of anilines is 1. The van der Waals surface area contributed by atoms with E-state index in [9.17, 15) is 4.79 Å². The lowest BCUT2D eigenvalue weighted by Crippen LogP contribution is -2.41. The highest BCUT2D eigenvalue weighted by atomic mass is 127. The van der Waals surface area contributed by atoms with E-state index in [-0.39, 0.29) is 29.9 Å². The summed E-state index contributed by atoms with van der Waals surface area (Å²) in [4.78, 5) is 20.4. The van der Waals surface area contributed by atoms with Gasteiger partial charge in [0.25, 0.3) is 0 Å². The summed E-state index contributed by atoms with van der Waals surface area (Å²) in [6.45, 7) is 9.28. The lowest BCUT2D eigenvalue weighted by molar-refractivity contribution is -0.128. The number of amides is 1. The molecule has 0 radical (unpaired) electrons. The fraction of sp³-hybridized carbons (Fsp3) is 0.440. The summed E-state index contributed by atoms with van der Waals surface area (Å²) < 4.78 is 0. The van der Waals surface area contributed by atoms with Crippen molar-refractivity contribution < 1.29 is 4.79 Å². The highest BCUT2D eigenvalue weighted by Gasteiger charge is 2.19. The van der Waals surface area contributed by atoms with Crippen LogP contribution in [0.25, 0.3) is 0 Å². The number of hydrogen-bond acceptors (Lipinski definition) is 3. The van der Waals surface area contributed by atoms with Crippen molar-refractivity contribution in [1.82, 2.24) is 15.5 Å². The van der Waals surface area contributed by atoms with Crippen LogP contribution in [0.5, 0.6) is 0 Å². The first-order chi connectivity index (χ1) is 15.1. The van der Waals surface area contributed by atoms with Gasteiger partial charge in [-0.1, -0.05) is 36.4 Å². The van der Waals surface area contributed by atoms with Crippen molar-refractivity contribution in [2.24, 2.45) is 4.99 Å². The van der Waals surface area contributed by atoms with E-state index in [2.05, 4.69) is 82.9 Å². The number of aliphatic imine (C=N–C) groups is 1. The topological polar surface area (TPSA) is 60.0 Å². The molecule has 0 bridgehead atoms. The maximum atomic E-state index is 11.8. The van der Waals surface area contributed by atoms with Crippen LogP contribution in [0.15, 0.2) is 53.5 Å². The Bertz CT molecular complexity index is 884. The number of hydrogen-bond donors (Lipinski definition) is 2. The van der Waals surface area contributed by atoms with Crippen LogP contribution in [0, 0.1) is 6.92 Å². The van der Waals surface area contributed by atoms with Gasteiger partial charge in [0.15, 0.2) is 5.96 Å². The van der Waals surface area contributed by atoms with Crippen molar-refractivity contribution in [2.75, 3.05) is 38.1 Å². The van der Waals surface area contributed by atoms with Crippen LogP contribution in [-0.4, -0.2) is 50.0 Å². The van der Waals surface area contributed by atoms with Crippen molar-refractivity contribution in [3.05, 3.63) is 65.2 Å². The van der Waals surface area contributed by atoms with Gasteiger partial charge in [-0.05, 0) is 49.1 Å². The molecule has 2 aromatic carbocycles. The first kappa shape index (κ1) is 26.0. The minimum absolute atomic E-state index is 0. The fourth-order valence-corrected chi connectivity index (χ4v) is 3.86. The number of nitrogens with zero attached hydrogens (tertiary/aromatic N) is 3. The molecule has 32 heavy (non-hydrogen) atoms. The number of nitrogens with one attached hydrogen (secondary N) is 2.